The molecule has 0 saturated heterocycles. The van der Waals surface area contributed by atoms with Crippen molar-refractivity contribution in [2.45, 2.75) is 50.6 Å². The zero-order chi connectivity index (χ0) is 50.6. The van der Waals surface area contributed by atoms with Gasteiger partial charge in [-0.05, 0) is 86.3 Å². The molecule has 0 bridgehead atoms. The summed E-state index contributed by atoms with van der Waals surface area (Å²) in [5.74, 6) is -0.0148. The summed E-state index contributed by atoms with van der Waals surface area (Å²) in [6.07, 6.45) is 0. The van der Waals surface area contributed by atoms with Crippen LogP contribution in [0.5, 0.6) is 0 Å². The summed E-state index contributed by atoms with van der Waals surface area (Å²) < 4.78 is 70.5. The molecule has 72 heavy (non-hydrogen) atoms. The van der Waals surface area contributed by atoms with Gasteiger partial charge in [0.1, 0.15) is 0 Å². The van der Waals surface area contributed by atoms with Gasteiger partial charge in [0.15, 0.2) is 0 Å². The van der Waals surface area contributed by atoms with Crippen molar-refractivity contribution in [3.63, 3.8) is 0 Å². The van der Waals surface area contributed by atoms with Crippen LogP contribution in [0, 0.1) is 27.7 Å². The highest BCUT2D eigenvalue weighted by molar-refractivity contribution is 7.93. The summed E-state index contributed by atoms with van der Waals surface area (Å²) in [7, 11) is -8.18. The monoisotopic (exact) mass is 990 g/mol. The number of hydrogen-bond acceptors (Lipinski definition) is 8. The van der Waals surface area contributed by atoms with Gasteiger partial charge in [0, 0.05) is 10.8 Å². The molecule has 0 radical (unpaired) electrons. The summed E-state index contributed by atoms with van der Waals surface area (Å²) in [4.78, 5) is 26.5. The molecule has 0 amide bonds. The zero-order valence-electron chi connectivity index (χ0n) is 40.0. The van der Waals surface area contributed by atoms with E-state index in [4.69, 9.17) is 8.83 Å². The Labute approximate surface area is 418 Å². The molecule has 0 N–H and O–H groups in total. The van der Waals surface area contributed by atoms with E-state index in [-0.39, 0.29) is 34.6 Å². The van der Waals surface area contributed by atoms with Gasteiger partial charge in [-0.1, -0.05) is 192 Å². The molecule has 2 heterocycles. The number of anilines is 2. The van der Waals surface area contributed by atoms with Gasteiger partial charge in [-0.25, -0.2) is 35.0 Å². The van der Waals surface area contributed by atoms with Crippen molar-refractivity contribution in [3.8, 4) is 22.3 Å². The van der Waals surface area contributed by atoms with Crippen LogP contribution in [0.4, 0.5) is 11.8 Å². The molecular weight excluding hydrogens is 941 g/mol. The minimum Gasteiger partial charge on any atom is -0.404 e. The van der Waals surface area contributed by atoms with Crippen LogP contribution in [0.3, 0.4) is 0 Å². The van der Waals surface area contributed by atoms with E-state index in [0.29, 0.717) is 32.7 Å². The van der Waals surface area contributed by atoms with E-state index >= 15 is 0 Å². The molecule has 10 aromatic rings. The van der Waals surface area contributed by atoms with E-state index in [2.05, 4.69) is 0 Å². The minimum absolute atomic E-state index is 0.00279. The predicted octanol–water partition coefficient (Wildman–Crippen LogP) is 12.9. The lowest BCUT2D eigenvalue weighted by molar-refractivity contribution is 0.514. The lowest BCUT2D eigenvalue weighted by Crippen LogP contribution is -2.32. The summed E-state index contributed by atoms with van der Waals surface area (Å²) in [6, 6.07) is 61.6. The number of rotatable bonds is 12. The third-order valence-electron chi connectivity index (χ3n) is 12.3. The molecule has 0 unspecified atom stereocenters. The Hall–Kier alpha value is -8.32. The van der Waals surface area contributed by atoms with Crippen LogP contribution in [0.2, 0.25) is 0 Å². The summed E-state index contributed by atoms with van der Waals surface area (Å²) in [6.45, 7) is 7.76. The van der Waals surface area contributed by atoms with Crippen LogP contribution >= 0.6 is 0 Å². The van der Waals surface area contributed by atoms with Gasteiger partial charge >= 0.3 is 11.3 Å². The van der Waals surface area contributed by atoms with Crippen molar-refractivity contribution in [3.05, 3.63) is 260 Å². The SMILES string of the molecule is Cc1ccc(-c2c(N(Cc3ccccc3)S(=O)(=O)c3ccc(C)cc3)oc(=O)c3ccccc23)cc1.Cc1ccc(-c2c(N(Cc3ccccc3)S(=O)(=O)c3ccc(C)cc3)oc(=O)c3ccccc23)cc1. The van der Waals surface area contributed by atoms with Crippen molar-refractivity contribution in [1.82, 2.24) is 0 Å². The van der Waals surface area contributed by atoms with Gasteiger partial charge in [0.25, 0.3) is 20.0 Å². The molecule has 0 atom stereocenters. The first kappa shape index (κ1) is 48.7. The van der Waals surface area contributed by atoms with E-state index in [1.165, 1.54) is 8.61 Å². The number of benzene rings is 8. The Morgan fingerprint density at radius 2 is 0.625 bits per heavy atom. The molecule has 360 valence electrons. The molecule has 0 spiro atoms. The van der Waals surface area contributed by atoms with Gasteiger partial charge in [0.2, 0.25) is 11.8 Å². The number of hydrogen-bond donors (Lipinski definition) is 0. The second-order valence-corrected chi connectivity index (χ2v) is 21.3. The quantitative estimate of drug-likeness (QED) is 0.118. The summed E-state index contributed by atoms with van der Waals surface area (Å²) >= 11 is 0. The number of sulfonamides is 2. The molecule has 0 aliphatic rings. The van der Waals surface area contributed by atoms with Gasteiger partial charge in [-0.2, -0.15) is 0 Å². The molecule has 10 nitrogen and oxygen atoms in total. The first-order valence-corrected chi connectivity index (χ1v) is 26.1. The Balaban J connectivity index is 0.000000178. The maximum atomic E-state index is 14.1. The topological polar surface area (TPSA) is 135 Å². The third-order valence-corrected chi connectivity index (χ3v) is 15.8. The first-order valence-electron chi connectivity index (χ1n) is 23.2. The summed E-state index contributed by atoms with van der Waals surface area (Å²) in [5, 5.41) is 2.04. The summed E-state index contributed by atoms with van der Waals surface area (Å²) in [5.41, 5.74) is 6.99. The molecule has 12 heteroatoms. The lowest BCUT2D eigenvalue weighted by Gasteiger charge is -2.26. The number of fused-ring (bicyclic) bond motifs is 2. The molecule has 10 rings (SSSR count). The third kappa shape index (κ3) is 10.1. The fraction of sp³-hybridized carbons (Fsp3) is 0.100. The van der Waals surface area contributed by atoms with Crippen LogP contribution < -0.4 is 19.9 Å². The molecular formula is C60H50N2O8S2. The highest BCUT2D eigenvalue weighted by Crippen LogP contribution is 2.41. The van der Waals surface area contributed by atoms with Crippen molar-refractivity contribution in [2.24, 2.45) is 0 Å². The Morgan fingerprint density at radius 3 is 0.944 bits per heavy atom. The maximum absolute atomic E-state index is 14.1. The van der Waals surface area contributed by atoms with Gasteiger partial charge in [0.05, 0.1) is 44.8 Å². The van der Waals surface area contributed by atoms with Crippen LogP contribution in [0.25, 0.3) is 43.8 Å². The van der Waals surface area contributed by atoms with E-state index in [9.17, 15) is 26.4 Å². The molecule has 0 fully saturated rings. The van der Waals surface area contributed by atoms with Gasteiger partial charge in [-0.15, -0.1) is 0 Å². The van der Waals surface area contributed by atoms with Crippen LogP contribution in [-0.4, -0.2) is 16.8 Å². The van der Waals surface area contributed by atoms with Crippen molar-refractivity contribution in [1.29, 1.82) is 0 Å². The molecule has 0 aliphatic heterocycles. The van der Waals surface area contributed by atoms with E-state index in [0.717, 1.165) is 44.5 Å². The van der Waals surface area contributed by atoms with Crippen molar-refractivity contribution in [2.75, 3.05) is 8.61 Å². The first-order chi connectivity index (χ1) is 34.7. The molecule has 0 saturated carbocycles. The van der Waals surface area contributed by atoms with Crippen molar-refractivity contribution < 1.29 is 25.7 Å². The Morgan fingerprint density at radius 1 is 0.347 bits per heavy atom. The predicted molar refractivity (Wildman–Crippen MR) is 287 cm³/mol. The number of nitrogens with zero attached hydrogens (tertiary/aromatic N) is 2. The van der Waals surface area contributed by atoms with E-state index in [1.54, 1.807) is 72.8 Å². The van der Waals surface area contributed by atoms with Crippen LogP contribution in [-0.2, 0) is 33.1 Å². The van der Waals surface area contributed by atoms with Crippen molar-refractivity contribution >= 4 is 53.4 Å². The van der Waals surface area contributed by atoms with Gasteiger partial charge in [-0.3, -0.25) is 0 Å². The second-order valence-electron chi connectivity index (χ2n) is 17.6. The lowest BCUT2D eigenvalue weighted by atomic mass is 9.99. The van der Waals surface area contributed by atoms with E-state index < -0.39 is 31.3 Å². The smallest absolute Gasteiger partial charge is 0.345 e. The minimum atomic E-state index is -4.09. The zero-order valence-corrected chi connectivity index (χ0v) is 41.7. The molecule has 2 aromatic heterocycles. The Bertz CT molecular complexity index is 3640. The highest BCUT2D eigenvalue weighted by atomic mass is 32.2. The largest absolute Gasteiger partial charge is 0.404 e. The highest BCUT2D eigenvalue weighted by Gasteiger charge is 2.33. The average Bonchev–Trinajstić information content (AvgIpc) is 3.39. The fourth-order valence-corrected chi connectivity index (χ4v) is 11.2. The number of aryl methyl sites for hydroxylation is 4. The standard InChI is InChI=1S/2C30H25NO4S/c2*1-21-12-16-24(17-13-21)28-26-10-6-7-11-27(26)30(32)35-29(28)31(20-23-8-4-3-5-9-23)36(33,34)25-18-14-22(2)15-19-25/h2*3-19H,20H2,1-2H3. The normalized spacial score (nSPS) is 11.5. The van der Waals surface area contributed by atoms with Gasteiger partial charge < -0.3 is 8.83 Å². The van der Waals surface area contributed by atoms with Crippen LogP contribution in [0.1, 0.15) is 33.4 Å². The Kier molecular flexibility index (Phi) is 13.9. The average molecular weight is 991 g/mol. The fourth-order valence-electron chi connectivity index (χ4n) is 8.43. The maximum Gasteiger partial charge on any atom is 0.345 e. The second kappa shape index (κ2) is 20.6. The molecule has 8 aromatic carbocycles. The molecule has 0 aliphatic carbocycles. The van der Waals surface area contributed by atoms with E-state index in [1.807, 2.05) is 161 Å². The van der Waals surface area contributed by atoms with Crippen LogP contribution in [0.15, 0.2) is 234 Å².